The molecule has 1 aliphatic carbocycles. The van der Waals surface area contributed by atoms with Crippen LogP contribution in [0.15, 0.2) is 29.8 Å². The Bertz CT molecular complexity index is 328. The Morgan fingerprint density at radius 3 is 2.67 bits per heavy atom. The fourth-order valence-electron chi connectivity index (χ4n) is 1.45. The molecular formula is C10H8Br2. The van der Waals surface area contributed by atoms with Crippen molar-refractivity contribution < 1.29 is 0 Å². The number of halogens is 2. The van der Waals surface area contributed by atoms with Crippen LogP contribution in [0.1, 0.15) is 16.0 Å². The first-order valence-corrected chi connectivity index (χ1v) is 5.86. The smallest absolute Gasteiger partial charge is 0.0621 e. The first-order valence-electron chi connectivity index (χ1n) is 3.82. The van der Waals surface area contributed by atoms with Crippen LogP contribution in [0.5, 0.6) is 0 Å². The van der Waals surface area contributed by atoms with Crippen molar-refractivity contribution in [3.05, 3.63) is 41.0 Å². The Morgan fingerprint density at radius 1 is 1.25 bits per heavy atom. The number of alkyl halides is 2. The average molecular weight is 288 g/mol. The van der Waals surface area contributed by atoms with Gasteiger partial charge in [0.25, 0.3) is 0 Å². The van der Waals surface area contributed by atoms with E-state index in [4.69, 9.17) is 0 Å². The lowest BCUT2D eigenvalue weighted by Crippen LogP contribution is -1.89. The molecule has 12 heavy (non-hydrogen) atoms. The van der Waals surface area contributed by atoms with Crippen molar-refractivity contribution in [1.29, 1.82) is 0 Å². The van der Waals surface area contributed by atoms with Gasteiger partial charge in [-0.2, -0.15) is 0 Å². The van der Waals surface area contributed by atoms with Crippen LogP contribution in [0, 0.1) is 0 Å². The van der Waals surface area contributed by atoms with Crippen molar-refractivity contribution in [3.63, 3.8) is 0 Å². The van der Waals surface area contributed by atoms with Gasteiger partial charge in [-0.1, -0.05) is 62.2 Å². The zero-order valence-corrected chi connectivity index (χ0v) is 9.60. The first-order chi connectivity index (χ1) is 5.83. The third-order valence-corrected chi connectivity index (χ3v) is 3.82. The Labute approximate surface area is 88.9 Å². The molecule has 0 aliphatic heterocycles. The maximum atomic E-state index is 3.67. The predicted octanol–water partition coefficient (Wildman–Crippen LogP) is 3.91. The summed E-state index contributed by atoms with van der Waals surface area (Å²) in [6.07, 6.45) is 2.24. The molecule has 0 amide bonds. The maximum Gasteiger partial charge on any atom is 0.0621 e. The van der Waals surface area contributed by atoms with Crippen LogP contribution in [0.25, 0.3) is 6.08 Å². The molecule has 1 atom stereocenters. The molecule has 0 fully saturated rings. The largest absolute Gasteiger partial charge is 0.0879 e. The molecule has 0 bridgehead atoms. The van der Waals surface area contributed by atoms with Crippen LogP contribution in [-0.4, -0.2) is 5.33 Å². The van der Waals surface area contributed by atoms with Crippen LogP contribution < -0.4 is 0 Å². The van der Waals surface area contributed by atoms with Gasteiger partial charge < -0.3 is 0 Å². The molecule has 2 rings (SSSR count). The minimum Gasteiger partial charge on any atom is -0.0879 e. The summed E-state index contributed by atoms with van der Waals surface area (Å²) in [6.45, 7) is 0. The summed E-state index contributed by atoms with van der Waals surface area (Å²) in [5.41, 5.74) is 4.12. The zero-order valence-electron chi connectivity index (χ0n) is 6.43. The molecule has 0 saturated heterocycles. The Kier molecular flexibility index (Phi) is 2.37. The minimum absolute atomic E-state index is 0.410. The third kappa shape index (κ3) is 1.27. The number of allylic oxidation sites excluding steroid dienone is 1. The molecule has 62 valence electrons. The van der Waals surface area contributed by atoms with E-state index in [-0.39, 0.29) is 0 Å². The molecule has 0 nitrogen and oxygen atoms in total. The Balaban J connectivity index is 2.47. The lowest BCUT2D eigenvalue weighted by molar-refractivity contribution is 1.19. The van der Waals surface area contributed by atoms with Crippen molar-refractivity contribution in [3.8, 4) is 0 Å². The standard InChI is InChI=1S/C10H8Br2/c11-6-8-5-7-3-1-2-4-9(7)10(8)12/h1-5,10H,6H2. The number of benzene rings is 1. The van der Waals surface area contributed by atoms with E-state index in [1.165, 1.54) is 16.7 Å². The minimum atomic E-state index is 0.410. The summed E-state index contributed by atoms with van der Waals surface area (Å²) >= 11 is 7.14. The lowest BCUT2D eigenvalue weighted by Gasteiger charge is -2.05. The Hall–Kier alpha value is -0.0800. The van der Waals surface area contributed by atoms with Crippen molar-refractivity contribution >= 4 is 37.9 Å². The molecule has 0 radical (unpaired) electrons. The van der Waals surface area contributed by atoms with Crippen LogP contribution in [0.2, 0.25) is 0 Å². The van der Waals surface area contributed by atoms with Gasteiger partial charge in [-0.15, -0.1) is 0 Å². The van der Waals surface area contributed by atoms with Gasteiger partial charge in [0, 0.05) is 5.33 Å². The summed E-state index contributed by atoms with van der Waals surface area (Å²) in [6, 6.07) is 8.48. The highest BCUT2D eigenvalue weighted by atomic mass is 79.9. The van der Waals surface area contributed by atoms with E-state index in [0.717, 1.165) is 5.33 Å². The molecule has 0 aromatic heterocycles. The van der Waals surface area contributed by atoms with E-state index in [2.05, 4.69) is 62.2 Å². The molecule has 2 heteroatoms. The number of hydrogen-bond donors (Lipinski definition) is 0. The molecule has 1 aromatic carbocycles. The predicted molar refractivity (Wildman–Crippen MR) is 59.9 cm³/mol. The van der Waals surface area contributed by atoms with Gasteiger partial charge in [-0.05, 0) is 16.7 Å². The number of hydrogen-bond acceptors (Lipinski definition) is 0. The fraction of sp³-hybridized carbons (Fsp3) is 0.200. The van der Waals surface area contributed by atoms with Crippen LogP contribution in [0.3, 0.4) is 0 Å². The van der Waals surface area contributed by atoms with Gasteiger partial charge in [0.05, 0.1) is 4.83 Å². The van der Waals surface area contributed by atoms with Gasteiger partial charge in [-0.25, -0.2) is 0 Å². The van der Waals surface area contributed by atoms with E-state index in [1.54, 1.807) is 0 Å². The highest BCUT2D eigenvalue weighted by Crippen LogP contribution is 2.40. The van der Waals surface area contributed by atoms with E-state index in [1.807, 2.05) is 0 Å². The highest BCUT2D eigenvalue weighted by Gasteiger charge is 2.20. The molecular weight excluding hydrogens is 280 g/mol. The molecule has 1 unspecified atom stereocenters. The highest BCUT2D eigenvalue weighted by molar-refractivity contribution is 9.10. The quantitative estimate of drug-likeness (QED) is 0.687. The number of fused-ring (bicyclic) bond motifs is 1. The summed E-state index contributed by atoms with van der Waals surface area (Å²) in [7, 11) is 0. The molecule has 0 saturated carbocycles. The zero-order chi connectivity index (χ0) is 8.55. The maximum absolute atomic E-state index is 3.67. The number of rotatable bonds is 1. The van der Waals surface area contributed by atoms with E-state index < -0.39 is 0 Å². The summed E-state index contributed by atoms with van der Waals surface area (Å²) < 4.78 is 0. The monoisotopic (exact) mass is 286 g/mol. The molecule has 0 spiro atoms. The normalized spacial score (nSPS) is 20.5. The second kappa shape index (κ2) is 3.35. The van der Waals surface area contributed by atoms with Crippen LogP contribution in [0.4, 0.5) is 0 Å². The van der Waals surface area contributed by atoms with Gasteiger partial charge in [0.1, 0.15) is 0 Å². The Morgan fingerprint density at radius 2 is 2.00 bits per heavy atom. The van der Waals surface area contributed by atoms with Crippen molar-refractivity contribution in [2.45, 2.75) is 4.83 Å². The molecule has 1 aliphatic rings. The first kappa shape index (κ1) is 8.52. The lowest BCUT2D eigenvalue weighted by atomic mass is 10.1. The second-order valence-electron chi connectivity index (χ2n) is 2.84. The van der Waals surface area contributed by atoms with E-state index in [9.17, 15) is 0 Å². The molecule has 0 heterocycles. The molecule has 0 N–H and O–H groups in total. The summed E-state index contributed by atoms with van der Waals surface area (Å²) in [5, 5.41) is 0.942. The van der Waals surface area contributed by atoms with Gasteiger partial charge in [0.2, 0.25) is 0 Å². The van der Waals surface area contributed by atoms with Crippen molar-refractivity contribution in [1.82, 2.24) is 0 Å². The van der Waals surface area contributed by atoms with Crippen molar-refractivity contribution in [2.75, 3.05) is 5.33 Å². The fourth-order valence-corrected chi connectivity index (χ4v) is 3.08. The summed E-state index contributed by atoms with van der Waals surface area (Å²) in [4.78, 5) is 0.410. The second-order valence-corrected chi connectivity index (χ2v) is 4.32. The van der Waals surface area contributed by atoms with E-state index in [0.29, 0.717) is 4.83 Å². The van der Waals surface area contributed by atoms with Gasteiger partial charge in [0.15, 0.2) is 0 Å². The molecule has 1 aromatic rings. The topological polar surface area (TPSA) is 0 Å². The van der Waals surface area contributed by atoms with Crippen LogP contribution in [-0.2, 0) is 0 Å². The van der Waals surface area contributed by atoms with Gasteiger partial charge >= 0.3 is 0 Å². The van der Waals surface area contributed by atoms with Crippen molar-refractivity contribution in [2.24, 2.45) is 0 Å². The summed E-state index contributed by atoms with van der Waals surface area (Å²) in [5.74, 6) is 0. The van der Waals surface area contributed by atoms with E-state index >= 15 is 0 Å². The third-order valence-electron chi connectivity index (χ3n) is 2.09. The SMILES string of the molecule is BrCC1=Cc2ccccc2C1Br. The van der Waals surface area contributed by atoms with Gasteiger partial charge in [-0.3, -0.25) is 0 Å². The average Bonchev–Trinajstić information content (AvgIpc) is 2.44. The van der Waals surface area contributed by atoms with Crippen LogP contribution >= 0.6 is 31.9 Å².